The molecule has 2 fully saturated rings. The van der Waals surface area contributed by atoms with Crippen molar-refractivity contribution in [1.29, 1.82) is 0 Å². The second-order valence-electron chi connectivity index (χ2n) is 7.76. The lowest BCUT2D eigenvalue weighted by molar-refractivity contribution is -0.910. The number of hydrogen-bond acceptors (Lipinski definition) is 4. The molecular weight excluding hydrogens is 374 g/mol. The molecule has 150 valence electrons. The van der Waals surface area contributed by atoms with Gasteiger partial charge in [0, 0.05) is 26.1 Å². The Morgan fingerprint density at radius 3 is 2.86 bits per heavy atom. The number of likely N-dealkylation sites (tertiary alicyclic amines) is 1. The smallest absolute Gasteiger partial charge is 0.341 e. The average Bonchev–Trinajstić information content (AvgIpc) is 3.04. The van der Waals surface area contributed by atoms with Crippen LogP contribution in [0.2, 0.25) is 0 Å². The summed E-state index contributed by atoms with van der Waals surface area (Å²) in [5.41, 5.74) is 2.88. The lowest BCUT2D eigenvalue weighted by Crippen LogP contribution is -3.11. The summed E-state index contributed by atoms with van der Waals surface area (Å²) in [6.07, 6.45) is 6.48. The van der Waals surface area contributed by atoms with Crippen molar-refractivity contribution < 1.29 is 19.2 Å². The van der Waals surface area contributed by atoms with E-state index in [0.29, 0.717) is 35.7 Å². The Morgan fingerprint density at radius 2 is 2.18 bits per heavy atom. The van der Waals surface area contributed by atoms with Crippen molar-refractivity contribution in [2.45, 2.75) is 44.6 Å². The number of thiophene rings is 1. The van der Waals surface area contributed by atoms with E-state index >= 15 is 0 Å². The van der Waals surface area contributed by atoms with Crippen LogP contribution < -0.4 is 10.2 Å². The molecule has 28 heavy (non-hydrogen) atoms. The van der Waals surface area contributed by atoms with Gasteiger partial charge in [0.05, 0.1) is 24.4 Å². The molecule has 1 aliphatic heterocycles. The van der Waals surface area contributed by atoms with Crippen LogP contribution in [-0.4, -0.2) is 36.1 Å². The monoisotopic (exact) mass is 402 g/mol. The van der Waals surface area contributed by atoms with Crippen LogP contribution in [0.15, 0.2) is 23.7 Å². The SMILES string of the molecule is CCOC(=O)c1c(C2CC2)csc1NC(=O)C[NH+]1CCC[C@@H]1c1cccn1C. The molecular formula is C21H28N3O3S+. The van der Waals surface area contributed by atoms with Crippen LogP contribution in [0, 0.1) is 0 Å². The van der Waals surface area contributed by atoms with Crippen LogP contribution in [0.1, 0.15) is 66.2 Å². The Hall–Kier alpha value is -2.12. The number of aromatic nitrogens is 1. The van der Waals surface area contributed by atoms with Crippen LogP contribution in [-0.2, 0) is 16.6 Å². The van der Waals surface area contributed by atoms with E-state index in [9.17, 15) is 9.59 Å². The summed E-state index contributed by atoms with van der Waals surface area (Å²) >= 11 is 1.44. The van der Waals surface area contributed by atoms with E-state index in [2.05, 4.69) is 35.3 Å². The summed E-state index contributed by atoms with van der Waals surface area (Å²) in [6, 6.07) is 4.55. The molecule has 1 aliphatic carbocycles. The van der Waals surface area contributed by atoms with Crippen LogP contribution in [0.25, 0.3) is 0 Å². The number of nitrogens with zero attached hydrogens (tertiary/aromatic N) is 1. The molecule has 4 rings (SSSR count). The predicted molar refractivity (Wildman–Crippen MR) is 109 cm³/mol. The first kappa shape index (κ1) is 19.2. The van der Waals surface area contributed by atoms with Gasteiger partial charge in [-0.2, -0.15) is 0 Å². The first-order chi connectivity index (χ1) is 13.6. The normalized spacial score (nSPS) is 21.6. The lowest BCUT2D eigenvalue weighted by Gasteiger charge is -2.21. The number of esters is 1. The molecule has 2 aromatic heterocycles. The van der Waals surface area contributed by atoms with Crippen molar-refractivity contribution in [1.82, 2.24) is 4.57 Å². The minimum absolute atomic E-state index is 0.0362. The largest absolute Gasteiger partial charge is 0.462 e. The first-order valence-corrected chi connectivity index (χ1v) is 11.0. The molecule has 0 bridgehead atoms. The number of ether oxygens (including phenoxy) is 1. The second-order valence-corrected chi connectivity index (χ2v) is 8.64. The van der Waals surface area contributed by atoms with Gasteiger partial charge >= 0.3 is 5.97 Å². The minimum Gasteiger partial charge on any atom is -0.462 e. The summed E-state index contributed by atoms with van der Waals surface area (Å²) in [7, 11) is 2.06. The number of nitrogens with one attached hydrogen (secondary N) is 2. The summed E-state index contributed by atoms with van der Waals surface area (Å²) < 4.78 is 7.39. The molecule has 2 aromatic rings. The zero-order valence-electron chi connectivity index (χ0n) is 16.5. The number of aryl methyl sites for hydroxylation is 1. The number of quaternary nitrogens is 1. The quantitative estimate of drug-likeness (QED) is 0.700. The summed E-state index contributed by atoms with van der Waals surface area (Å²) in [5.74, 6) is 0.0780. The average molecular weight is 403 g/mol. The lowest BCUT2D eigenvalue weighted by atomic mass is 10.1. The van der Waals surface area contributed by atoms with Gasteiger partial charge < -0.3 is 19.5 Å². The third-order valence-electron chi connectivity index (χ3n) is 5.78. The predicted octanol–water partition coefficient (Wildman–Crippen LogP) is 2.50. The van der Waals surface area contributed by atoms with E-state index in [0.717, 1.165) is 37.8 Å². The van der Waals surface area contributed by atoms with Crippen LogP contribution >= 0.6 is 11.3 Å². The molecule has 7 heteroatoms. The van der Waals surface area contributed by atoms with Gasteiger partial charge in [-0.15, -0.1) is 11.3 Å². The van der Waals surface area contributed by atoms with Crippen molar-refractivity contribution >= 4 is 28.2 Å². The molecule has 6 nitrogen and oxygen atoms in total. The van der Waals surface area contributed by atoms with Crippen molar-refractivity contribution in [2.75, 3.05) is 25.0 Å². The Bertz CT molecular complexity index is 868. The number of carbonyl (C=O) groups is 2. The number of carbonyl (C=O) groups excluding carboxylic acids is 2. The van der Waals surface area contributed by atoms with Gasteiger partial charge in [-0.1, -0.05) is 0 Å². The molecule has 1 saturated carbocycles. The summed E-state index contributed by atoms with van der Waals surface area (Å²) in [4.78, 5) is 26.6. The Morgan fingerprint density at radius 1 is 1.36 bits per heavy atom. The number of rotatable bonds is 7. The Labute approximate surface area is 169 Å². The van der Waals surface area contributed by atoms with Crippen molar-refractivity contribution in [3.63, 3.8) is 0 Å². The third kappa shape index (κ3) is 3.86. The van der Waals surface area contributed by atoms with E-state index < -0.39 is 0 Å². The van der Waals surface area contributed by atoms with Crippen LogP contribution in [0.3, 0.4) is 0 Å². The number of amides is 1. The fourth-order valence-electron chi connectivity index (χ4n) is 4.27. The van der Waals surface area contributed by atoms with Gasteiger partial charge in [-0.05, 0) is 48.8 Å². The standard InChI is InChI=1S/C21H27N3O3S/c1-3-27-21(26)19-15(14-8-9-14)13-28-20(19)22-18(25)12-24-11-5-7-17(24)16-6-4-10-23(16)2/h4,6,10,13-14,17H,3,5,7-9,11-12H2,1-2H3,(H,22,25)/p+1/t17-/m1/s1. The van der Waals surface area contributed by atoms with Gasteiger partial charge in [0.25, 0.3) is 5.91 Å². The highest BCUT2D eigenvalue weighted by molar-refractivity contribution is 7.15. The maximum atomic E-state index is 12.8. The molecule has 2 N–H and O–H groups in total. The Kier molecular flexibility index (Phi) is 5.55. The zero-order valence-corrected chi connectivity index (χ0v) is 17.3. The summed E-state index contributed by atoms with van der Waals surface area (Å²) in [5, 5.41) is 5.66. The molecule has 1 amide bonds. The van der Waals surface area contributed by atoms with E-state index in [4.69, 9.17) is 4.74 Å². The van der Waals surface area contributed by atoms with Crippen LogP contribution in [0.4, 0.5) is 5.00 Å². The van der Waals surface area contributed by atoms with Crippen LogP contribution in [0.5, 0.6) is 0 Å². The molecule has 3 heterocycles. The van der Waals surface area contributed by atoms with Gasteiger partial charge in [0.2, 0.25) is 0 Å². The van der Waals surface area contributed by atoms with Crippen molar-refractivity contribution in [3.8, 4) is 0 Å². The van der Waals surface area contributed by atoms with E-state index in [1.165, 1.54) is 21.9 Å². The van der Waals surface area contributed by atoms with Crippen molar-refractivity contribution in [2.24, 2.45) is 7.05 Å². The highest BCUT2D eigenvalue weighted by atomic mass is 32.1. The number of hydrogen-bond donors (Lipinski definition) is 2. The van der Waals surface area contributed by atoms with Gasteiger partial charge in [0.1, 0.15) is 11.0 Å². The molecule has 1 unspecified atom stereocenters. The third-order valence-corrected chi connectivity index (χ3v) is 6.69. The highest BCUT2D eigenvalue weighted by Gasteiger charge is 2.35. The van der Waals surface area contributed by atoms with E-state index in [1.807, 2.05) is 5.38 Å². The van der Waals surface area contributed by atoms with E-state index in [1.54, 1.807) is 6.92 Å². The maximum Gasteiger partial charge on any atom is 0.341 e. The van der Waals surface area contributed by atoms with Crippen molar-refractivity contribution in [3.05, 3.63) is 40.5 Å². The molecule has 2 atom stereocenters. The second kappa shape index (κ2) is 8.09. The molecule has 1 saturated heterocycles. The topological polar surface area (TPSA) is 64.8 Å². The van der Waals surface area contributed by atoms with E-state index in [-0.39, 0.29) is 11.9 Å². The highest BCUT2D eigenvalue weighted by Crippen LogP contribution is 2.46. The molecule has 0 aromatic carbocycles. The van der Waals surface area contributed by atoms with Gasteiger partial charge in [0.15, 0.2) is 6.54 Å². The van der Waals surface area contributed by atoms with Gasteiger partial charge in [-0.3, -0.25) is 4.79 Å². The summed E-state index contributed by atoms with van der Waals surface area (Å²) in [6.45, 7) is 3.54. The fraction of sp³-hybridized carbons (Fsp3) is 0.524. The minimum atomic E-state index is -0.323. The molecule has 0 spiro atoms. The Balaban J connectivity index is 1.47. The fourth-order valence-corrected chi connectivity index (χ4v) is 5.31. The molecule has 2 aliphatic rings. The number of anilines is 1. The van der Waals surface area contributed by atoms with Gasteiger partial charge in [-0.25, -0.2) is 4.79 Å². The maximum absolute atomic E-state index is 12.8. The first-order valence-electron chi connectivity index (χ1n) is 10.1. The molecule has 0 radical (unpaired) electrons. The zero-order chi connectivity index (χ0) is 19.7.